The van der Waals surface area contributed by atoms with Crippen LogP contribution in [0, 0.1) is 18.7 Å². The summed E-state index contributed by atoms with van der Waals surface area (Å²) < 4.78 is 18.3. The van der Waals surface area contributed by atoms with E-state index in [-0.39, 0.29) is 24.1 Å². The van der Waals surface area contributed by atoms with Crippen molar-refractivity contribution >= 4 is 5.78 Å². The molecule has 92 valence electrons. The second-order valence-electron chi connectivity index (χ2n) is 4.65. The summed E-state index contributed by atoms with van der Waals surface area (Å²) in [5.41, 5.74) is 0.726. The lowest BCUT2D eigenvalue weighted by molar-refractivity contribution is -0.124. The Morgan fingerprint density at radius 3 is 2.76 bits per heavy atom. The number of rotatable bonds is 4. The first-order chi connectivity index (χ1) is 8.16. The average Bonchev–Trinajstić information content (AvgIpc) is 2.81. The van der Waals surface area contributed by atoms with Gasteiger partial charge in [-0.3, -0.25) is 4.79 Å². The Labute approximate surface area is 101 Å². The Kier molecular flexibility index (Phi) is 3.77. The molecule has 0 radical (unpaired) electrons. The third-order valence-corrected chi connectivity index (χ3v) is 3.32. The molecule has 0 bridgehead atoms. The van der Waals surface area contributed by atoms with Crippen LogP contribution in [0.4, 0.5) is 4.39 Å². The van der Waals surface area contributed by atoms with Gasteiger partial charge in [0.2, 0.25) is 0 Å². The molecule has 1 saturated carbocycles. The topological polar surface area (TPSA) is 26.3 Å². The van der Waals surface area contributed by atoms with Gasteiger partial charge in [-0.05, 0) is 43.5 Å². The van der Waals surface area contributed by atoms with Gasteiger partial charge in [-0.25, -0.2) is 4.39 Å². The quantitative estimate of drug-likeness (QED) is 0.802. The van der Waals surface area contributed by atoms with Crippen molar-refractivity contribution in [3.8, 4) is 5.75 Å². The first-order valence-corrected chi connectivity index (χ1v) is 6.08. The summed E-state index contributed by atoms with van der Waals surface area (Å²) in [5.74, 6) is 0.664. The number of ketones is 1. The molecule has 0 aromatic heterocycles. The molecule has 0 spiro atoms. The summed E-state index contributed by atoms with van der Waals surface area (Å²) >= 11 is 0. The third-order valence-electron chi connectivity index (χ3n) is 3.32. The van der Waals surface area contributed by atoms with Crippen molar-refractivity contribution in [1.29, 1.82) is 0 Å². The monoisotopic (exact) mass is 236 g/mol. The van der Waals surface area contributed by atoms with Crippen molar-refractivity contribution in [1.82, 2.24) is 0 Å². The Bertz CT molecular complexity index is 409. The number of aryl methyl sites for hydroxylation is 1. The van der Waals surface area contributed by atoms with Gasteiger partial charge < -0.3 is 4.74 Å². The molecule has 1 aromatic carbocycles. The minimum absolute atomic E-state index is 0.108. The number of benzene rings is 1. The second-order valence-corrected chi connectivity index (χ2v) is 4.65. The molecule has 1 aliphatic carbocycles. The van der Waals surface area contributed by atoms with E-state index >= 15 is 0 Å². The van der Waals surface area contributed by atoms with E-state index in [4.69, 9.17) is 4.74 Å². The van der Waals surface area contributed by atoms with Crippen LogP contribution in [0.3, 0.4) is 0 Å². The lowest BCUT2D eigenvalue weighted by Crippen LogP contribution is -2.19. The number of halogens is 1. The van der Waals surface area contributed by atoms with E-state index in [0.717, 1.165) is 31.2 Å². The van der Waals surface area contributed by atoms with Gasteiger partial charge >= 0.3 is 0 Å². The predicted octanol–water partition coefficient (Wildman–Crippen LogP) is 3.27. The predicted molar refractivity (Wildman–Crippen MR) is 63.6 cm³/mol. The molecule has 3 heteroatoms. The molecule has 0 saturated heterocycles. The number of carbonyl (C=O) groups is 1. The average molecular weight is 236 g/mol. The van der Waals surface area contributed by atoms with Crippen LogP contribution in [-0.4, -0.2) is 12.4 Å². The smallest absolute Gasteiger partial charge is 0.173 e. The maximum absolute atomic E-state index is 12.9. The van der Waals surface area contributed by atoms with Crippen LogP contribution in [0.25, 0.3) is 0 Å². The molecule has 1 aromatic rings. The molecular weight excluding hydrogens is 219 g/mol. The molecule has 0 aliphatic heterocycles. The van der Waals surface area contributed by atoms with Crippen LogP contribution in [0.1, 0.15) is 31.2 Å². The minimum Gasteiger partial charge on any atom is -0.486 e. The van der Waals surface area contributed by atoms with E-state index in [1.165, 1.54) is 12.1 Å². The lowest BCUT2D eigenvalue weighted by atomic mass is 10.0. The summed E-state index contributed by atoms with van der Waals surface area (Å²) in [6.45, 7) is 1.88. The van der Waals surface area contributed by atoms with Crippen LogP contribution in [0.2, 0.25) is 0 Å². The van der Waals surface area contributed by atoms with Gasteiger partial charge in [-0.15, -0.1) is 0 Å². The fourth-order valence-electron chi connectivity index (χ4n) is 2.29. The molecule has 0 amide bonds. The molecule has 2 rings (SSSR count). The molecule has 0 N–H and O–H groups in total. The fourth-order valence-corrected chi connectivity index (χ4v) is 2.29. The minimum atomic E-state index is -0.281. The first-order valence-electron chi connectivity index (χ1n) is 6.08. The van der Waals surface area contributed by atoms with Crippen molar-refractivity contribution < 1.29 is 13.9 Å². The summed E-state index contributed by atoms with van der Waals surface area (Å²) in [6, 6.07) is 4.34. The highest BCUT2D eigenvalue weighted by atomic mass is 19.1. The van der Waals surface area contributed by atoms with Crippen molar-refractivity contribution in [2.24, 2.45) is 5.92 Å². The van der Waals surface area contributed by atoms with Crippen molar-refractivity contribution in [2.75, 3.05) is 6.61 Å². The first kappa shape index (κ1) is 12.1. The number of carbonyl (C=O) groups excluding carboxylic acids is 1. The largest absolute Gasteiger partial charge is 0.486 e. The fraction of sp³-hybridized carbons (Fsp3) is 0.500. The van der Waals surface area contributed by atoms with Gasteiger partial charge in [0.15, 0.2) is 5.78 Å². The highest BCUT2D eigenvalue weighted by Gasteiger charge is 2.22. The number of Topliss-reactive ketones (excluding diaryl/α,β-unsaturated/α-hetero) is 1. The van der Waals surface area contributed by atoms with Gasteiger partial charge in [0.05, 0.1) is 0 Å². The summed E-state index contributed by atoms with van der Waals surface area (Å²) in [7, 11) is 0. The lowest BCUT2D eigenvalue weighted by Gasteiger charge is -2.11. The Balaban J connectivity index is 1.90. The van der Waals surface area contributed by atoms with E-state index in [9.17, 15) is 9.18 Å². The van der Waals surface area contributed by atoms with E-state index in [0.29, 0.717) is 5.75 Å². The normalized spacial score (nSPS) is 16.1. The van der Waals surface area contributed by atoms with Crippen LogP contribution >= 0.6 is 0 Å². The van der Waals surface area contributed by atoms with Crippen molar-refractivity contribution in [3.63, 3.8) is 0 Å². The van der Waals surface area contributed by atoms with Gasteiger partial charge in [0.1, 0.15) is 18.2 Å². The molecular formula is C14H17FO2. The Hall–Kier alpha value is -1.38. The second kappa shape index (κ2) is 5.30. The molecule has 2 nitrogen and oxygen atoms in total. The van der Waals surface area contributed by atoms with E-state index < -0.39 is 0 Å². The molecule has 1 aliphatic rings. The maximum atomic E-state index is 12.9. The standard InChI is InChI=1S/C14H17FO2/c1-10-8-12(15)6-7-14(10)17-9-13(16)11-4-2-3-5-11/h6-8,11H,2-5,9H2,1H3. The number of ether oxygens (including phenoxy) is 1. The van der Waals surface area contributed by atoms with Crippen LogP contribution in [0.15, 0.2) is 18.2 Å². The Morgan fingerprint density at radius 1 is 1.41 bits per heavy atom. The highest BCUT2D eigenvalue weighted by molar-refractivity contribution is 5.82. The van der Waals surface area contributed by atoms with Gasteiger partial charge in [0, 0.05) is 5.92 Å². The van der Waals surface area contributed by atoms with Crippen molar-refractivity contribution in [3.05, 3.63) is 29.6 Å². The number of hydrogen-bond acceptors (Lipinski definition) is 2. The van der Waals surface area contributed by atoms with Crippen molar-refractivity contribution in [2.45, 2.75) is 32.6 Å². The zero-order valence-corrected chi connectivity index (χ0v) is 10.0. The molecule has 1 fully saturated rings. The molecule has 0 atom stereocenters. The van der Waals surface area contributed by atoms with Gasteiger partial charge in [0.25, 0.3) is 0 Å². The van der Waals surface area contributed by atoms with Gasteiger partial charge in [-0.2, -0.15) is 0 Å². The Morgan fingerprint density at radius 2 is 2.12 bits per heavy atom. The van der Waals surface area contributed by atoms with Crippen LogP contribution in [-0.2, 0) is 4.79 Å². The number of hydrogen-bond donors (Lipinski definition) is 0. The molecule has 17 heavy (non-hydrogen) atoms. The molecule has 0 heterocycles. The van der Waals surface area contributed by atoms with E-state index in [2.05, 4.69) is 0 Å². The van der Waals surface area contributed by atoms with Crippen LogP contribution < -0.4 is 4.74 Å². The SMILES string of the molecule is Cc1cc(F)ccc1OCC(=O)C1CCCC1. The summed E-state index contributed by atoms with van der Waals surface area (Å²) in [5, 5.41) is 0. The van der Waals surface area contributed by atoms with E-state index in [1.54, 1.807) is 13.0 Å². The third kappa shape index (κ3) is 3.05. The summed E-state index contributed by atoms with van der Waals surface area (Å²) in [4.78, 5) is 11.8. The zero-order chi connectivity index (χ0) is 12.3. The maximum Gasteiger partial charge on any atom is 0.173 e. The van der Waals surface area contributed by atoms with Crippen LogP contribution in [0.5, 0.6) is 5.75 Å². The highest BCUT2D eigenvalue weighted by Crippen LogP contribution is 2.26. The summed E-state index contributed by atoms with van der Waals surface area (Å²) in [6.07, 6.45) is 4.27. The molecule has 0 unspecified atom stereocenters. The zero-order valence-electron chi connectivity index (χ0n) is 10.0. The van der Waals surface area contributed by atoms with E-state index in [1.807, 2.05) is 0 Å². The van der Waals surface area contributed by atoms with Gasteiger partial charge in [-0.1, -0.05) is 12.8 Å².